The van der Waals surface area contributed by atoms with Gasteiger partial charge in [0.05, 0.1) is 13.0 Å². The SMILES string of the molecule is O=C(O)Cc1ccc(NC(=O)NCC(F)(F)C(F)F)cc1. The molecular weight excluding hydrogens is 296 g/mol. The Morgan fingerprint density at radius 3 is 2.24 bits per heavy atom. The zero-order chi connectivity index (χ0) is 16.0. The summed E-state index contributed by atoms with van der Waals surface area (Å²) in [5, 5.41) is 12.3. The molecule has 0 aliphatic carbocycles. The van der Waals surface area contributed by atoms with E-state index in [0.29, 0.717) is 5.56 Å². The summed E-state index contributed by atoms with van der Waals surface area (Å²) in [4.78, 5) is 21.7. The number of halogens is 4. The maximum Gasteiger partial charge on any atom is 0.324 e. The Morgan fingerprint density at radius 2 is 1.76 bits per heavy atom. The minimum Gasteiger partial charge on any atom is -0.481 e. The van der Waals surface area contributed by atoms with Crippen LogP contribution in [0.25, 0.3) is 0 Å². The molecule has 0 unspecified atom stereocenters. The van der Waals surface area contributed by atoms with Crippen LogP contribution in [0.4, 0.5) is 28.0 Å². The van der Waals surface area contributed by atoms with Crippen LogP contribution >= 0.6 is 0 Å². The van der Waals surface area contributed by atoms with Crippen molar-refractivity contribution < 1.29 is 32.3 Å². The lowest BCUT2D eigenvalue weighted by molar-refractivity contribution is -0.136. The highest BCUT2D eigenvalue weighted by Crippen LogP contribution is 2.21. The first-order valence-electron chi connectivity index (χ1n) is 5.72. The van der Waals surface area contributed by atoms with Crippen molar-refractivity contribution in [1.82, 2.24) is 5.32 Å². The highest BCUT2D eigenvalue weighted by Gasteiger charge is 2.40. The molecule has 3 N–H and O–H groups in total. The first kappa shape index (κ1) is 16.7. The third-order valence-corrected chi connectivity index (χ3v) is 2.37. The fourth-order valence-corrected chi connectivity index (χ4v) is 1.33. The molecule has 0 aromatic heterocycles. The molecule has 0 fully saturated rings. The van der Waals surface area contributed by atoms with Crippen LogP contribution in [0.1, 0.15) is 5.56 Å². The number of carbonyl (C=O) groups excluding carboxylic acids is 1. The smallest absolute Gasteiger partial charge is 0.324 e. The van der Waals surface area contributed by atoms with Gasteiger partial charge in [0.1, 0.15) is 0 Å². The summed E-state index contributed by atoms with van der Waals surface area (Å²) in [6.07, 6.45) is -4.07. The maximum atomic E-state index is 12.6. The Balaban J connectivity index is 2.50. The molecule has 0 heterocycles. The Labute approximate surface area is 117 Å². The lowest BCUT2D eigenvalue weighted by Crippen LogP contribution is -2.42. The Morgan fingerprint density at radius 1 is 1.19 bits per heavy atom. The van der Waals surface area contributed by atoms with Gasteiger partial charge in [0, 0.05) is 5.69 Å². The number of carboxylic acid groups (broad SMARTS) is 1. The third kappa shape index (κ3) is 5.67. The standard InChI is InChI=1S/C12H12F4N2O3/c13-10(14)12(15,16)6-17-11(21)18-8-3-1-7(2-4-8)5-9(19)20/h1-4,10H,5-6H2,(H,19,20)(H2,17,18,21). The van der Waals surface area contributed by atoms with Crippen LogP contribution in [0.5, 0.6) is 0 Å². The number of rotatable bonds is 6. The second kappa shape index (κ2) is 6.91. The van der Waals surface area contributed by atoms with E-state index < -0.39 is 30.9 Å². The highest BCUT2D eigenvalue weighted by atomic mass is 19.3. The lowest BCUT2D eigenvalue weighted by Gasteiger charge is -2.16. The Bertz CT molecular complexity index is 506. The number of urea groups is 1. The Hall–Kier alpha value is -2.32. The zero-order valence-electron chi connectivity index (χ0n) is 10.6. The number of benzene rings is 1. The molecule has 0 saturated heterocycles. The van der Waals surface area contributed by atoms with Crippen molar-refractivity contribution in [3.63, 3.8) is 0 Å². The van der Waals surface area contributed by atoms with Gasteiger partial charge in [0.2, 0.25) is 0 Å². The predicted octanol–water partition coefficient (Wildman–Crippen LogP) is 2.34. The molecule has 21 heavy (non-hydrogen) atoms. The van der Waals surface area contributed by atoms with E-state index in [0.717, 1.165) is 0 Å². The van der Waals surface area contributed by atoms with Gasteiger partial charge in [-0.05, 0) is 17.7 Å². The average Bonchev–Trinajstić information content (AvgIpc) is 2.38. The first-order valence-corrected chi connectivity index (χ1v) is 5.72. The molecule has 0 spiro atoms. The van der Waals surface area contributed by atoms with Gasteiger partial charge in [-0.25, -0.2) is 13.6 Å². The topological polar surface area (TPSA) is 78.4 Å². The number of nitrogens with one attached hydrogen (secondary N) is 2. The lowest BCUT2D eigenvalue weighted by atomic mass is 10.1. The monoisotopic (exact) mass is 308 g/mol. The molecule has 2 amide bonds. The molecule has 0 aliphatic heterocycles. The average molecular weight is 308 g/mol. The summed E-state index contributed by atoms with van der Waals surface area (Å²) in [5.41, 5.74) is 0.694. The molecule has 0 atom stereocenters. The van der Waals surface area contributed by atoms with E-state index in [9.17, 15) is 27.2 Å². The second-order valence-corrected chi connectivity index (χ2v) is 4.14. The van der Waals surface area contributed by atoms with Gasteiger partial charge >= 0.3 is 24.3 Å². The highest BCUT2D eigenvalue weighted by molar-refractivity contribution is 5.89. The molecule has 5 nitrogen and oxygen atoms in total. The molecule has 0 saturated carbocycles. The van der Waals surface area contributed by atoms with Crippen LogP contribution in [-0.4, -0.2) is 36.0 Å². The fourth-order valence-electron chi connectivity index (χ4n) is 1.33. The molecule has 1 aromatic rings. The number of alkyl halides is 4. The van der Waals surface area contributed by atoms with Gasteiger partial charge < -0.3 is 15.7 Å². The number of anilines is 1. The summed E-state index contributed by atoms with van der Waals surface area (Å²) < 4.78 is 48.9. The van der Waals surface area contributed by atoms with Gasteiger partial charge in [-0.15, -0.1) is 0 Å². The van der Waals surface area contributed by atoms with Crippen LogP contribution in [0.15, 0.2) is 24.3 Å². The van der Waals surface area contributed by atoms with Crippen LogP contribution in [0, 0.1) is 0 Å². The van der Waals surface area contributed by atoms with E-state index >= 15 is 0 Å². The van der Waals surface area contributed by atoms with Crippen molar-refractivity contribution in [3.05, 3.63) is 29.8 Å². The number of aliphatic carboxylic acids is 1. The quantitative estimate of drug-likeness (QED) is 0.706. The third-order valence-electron chi connectivity index (χ3n) is 2.37. The van der Waals surface area contributed by atoms with Gasteiger partial charge in [-0.2, -0.15) is 8.78 Å². The molecule has 9 heteroatoms. The van der Waals surface area contributed by atoms with Crippen molar-refractivity contribution >= 4 is 17.7 Å². The molecule has 0 aliphatic rings. The van der Waals surface area contributed by atoms with Crippen molar-refractivity contribution in [2.75, 3.05) is 11.9 Å². The van der Waals surface area contributed by atoms with E-state index in [2.05, 4.69) is 5.32 Å². The van der Waals surface area contributed by atoms with E-state index in [4.69, 9.17) is 5.11 Å². The molecule has 0 radical (unpaired) electrons. The summed E-state index contributed by atoms with van der Waals surface area (Å²) in [7, 11) is 0. The minimum atomic E-state index is -4.30. The molecule has 116 valence electrons. The predicted molar refractivity (Wildman–Crippen MR) is 65.8 cm³/mol. The van der Waals surface area contributed by atoms with Crippen molar-refractivity contribution in [2.45, 2.75) is 18.8 Å². The number of hydrogen-bond donors (Lipinski definition) is 3. The zero-order valence-corrected chi connectivity index (χ0v) is 10.6. The molecular formula is C12H12F4N2O3. The molecule has 1 rings (SSSR count). The van der Waals surface area contributed by atoms with E-state index in [1.165, 1.54) is 24.3 Å². The summed E-state index contributed by atoms with van der Waals surface area (Å²) in [6, 6.07) is 4.52. The number of hydrogen-bond acceptors (Lipinski definition) is 2. The van der Waals surface area contributed by atoms with E-state index in [1.54, 1.807) is 5.32 Å². The van der Waals surface area contributed by atoms with Crippen LogP contribution < -0.4 is 10.6 Å². The summed E-state index contributed by atoms with van der Waals surface area (Å²) in [6.45, 7) is -1.49. The summed E-state index contributed by atoms with van der Waals surface area (Å²) >= 11 is 0. The van der Waals surface area contributed by atoms with Crippen molar-refractivity contribution in [2.24, 2.45) is 0 Å². The van der Waals surface area contributed by atoms with E-state index in [1.807, 2.05) is 0 Å². The largest absolute Gasteiger partial charge is 0.481 e. The number of amides is 2. The Kier molecular flexibility index (Phi) is 5.51. The van der Waals surface area contributed by atoms with Gasteiger partial charge in [0.15, 0.2) is 0 Å². The molecule has 1 aromatic carbocycles. The van der Waals surface area contributed by atoms with E-state index in [-0.39, 0.29) is 12.1 Å². The van der Waals surface area contributed by atoms with Crippen LogP contribution in [0.2, 0.25) is 0 Å². The van der Waals surface area contributed by atoms with Crippen molar-refractivity contribution in [1.29, 1.82) is 0 Å². The minimum absolute atomic E-state index is 0.201. The van der Waals surface area contributed by atoms with Gasteiger partial charge in [-0.3, -0.25) is 4.79 Å². The summed E-state index contributed by atoms with van der Waals surface area (Å²) in [5.74, 6) is -5.33. The van der Waals surface area contributed by atoms with Gasteiger partial charge in [0.25, 0.3) is 0 Å². The van der Waals surface area contributed by atoms with Crippen LogP contribution in [-0.2, 0) is 11.2 Å². The first-order chi connectivity index (χ1) is 9.70. The molecule has 0 bridgehead atoms. The van der Waals surface area contributed by atoms with Crippen LogP contribution in [0.3, 0.4) is 0 Å². The normalized spacial score (nSPS) is 11.3. The number of carboxylic acids is 1. The second-order valence-electron chi connectivity index (χ2n) is 4.14. The van der Waals surface area contributed by atoms with Crippen molar-refractivity contribution in [3.8, 4) is 0 Å². The number of carbonyl (C=O) groups is 2. The maximum absolute atomic E-state index is 12.6. The fraction of sp³-hybridized carbons (Fsp3) is 0.333. The van der Waals surface area contributed by atoms with Gasteiger partial charge in [-0.1, -0.05) is 12.1 Å².